The number of rotatable bonds is 4. The van der Waals surface area contributed by atoms with Crippen LogP contribution in [0.1, 0.15) is 37.5 Å². The van der Waals surface area contributed by atoms with Gasteiger partial charge in [0.1, 0.15) is 11.3 Å². The van der Waals surface area contributed by atoms with Crippen LogP contribution < -0.4 is 0 Å². The fourth-order valence-corrected chi connectivity index (χ4v) is 4.52. The van der Waals surface area contributed by atoms with Crippen LogP contribution in [0.5, 0.6) is 0 Å². The van der Waals surface area contributed by atoms with Crippen LogP contribution in [0.25, 0.3) is 11.2 Å². The molecule has 3 rings (SSSR count). The third-order valence-electron chi connectivity index (χ3n) is 4.18. The molecule has 0 radical (unpaired) electrons. The van der Waals surface area contributed by atoms with Crippen molar-refractivity contribution in [3.8, 4) is 0 Å². The predicted molar refractivity (Wildman–Crippen MR) is 94.5 cm³/mol. The molecule has 3 nitrogen and oxygen atoms in total. The largest absolute Gasteiger partial charge is 0.310 e. The van der Waals surface area contributed by atoms with E-state index in [-0.39, 0.29) is 0 Å². The Hall–Kier alpha value is -0.260. The zero-order valence-electron chi connectivity index (χ0n) is 12.1. The van der Waals surface area contributed by atoms with E-state index < -0.39 is 0 Å². The number of aryl methyl sites for hydroxylation is 1. The van der Waals surface area contributed by atoms with E-state index in [2.05, 4.69) is 31.7 Å². The fourth-order valence-electron chi connectivity index (χ4n) is 3.22. The molecule has 0 saturated heterocycles. The lowest BCUT2D eigenvalue weighted by molar-refractivity contribution is 0.359. The van der Waals surface area contributed by atoms with Gasteiger partial charge in [-0.25, -0.2) is 9.97 Å². The Balaban J connectivity index is 2.04. The van der Waals surface area contributed by atoms with Crippen LogP contribution in [0.15, 0.2) is 16.7 Å². The second kappa shape index (κ2) is 6.88. The average molecular weight is 389 g/mol. The molecule has 2 heterocycles. The predicted octanol–water partition coefficient (Wildman–Crippen LogP) is 4.82. The molecular formula is C15H19BrClN3S. The molecule has 0 bridgehead atoms. The lowest BCUT2D eigenvalue weighted by atomic mass is 9.94. The summed E-state index contributed by atoms with van der Waals surface area (Å²) >= 11 is 11.4. The lowest BCUT2D eigenvalue weighted by Gasteiger charge is -2.30. The maximum atomic E-state index is 5.97. The number of fused-ring (bicyclic) bond motifs is 1. The highest BCUT2D eigenvalue weighted by Gasteiger charge is 2.26. The van der Waals surface area contributed by atoms with Gasteiger partial charge in [0.15, 0.2) is 5.65 Å². The number of hydrogen-bond acceptors (Lipinski definition) is 3. The van der Waals surface area contributed by atoms with Gasteiger partial charge >= 0.3 is 0 Å². The summed E-state index contributed by atoms with van der Waals surface area (Å²) in [5, 5.41) is 0.750. The third-order valence-corrected chi connectivity index (χ3v) is 5.90. The Bertz CT molecular complexity index is 631. The summed E-state index contributed by atoms with van der Waals surface area (Å²) in [5.41, 5.74) is 1.97. The van der Waals surface area contributed by atoms with Crippen molar-refractivity contribution in [3.63, 3.8) is 0 Å². The molecule has 6 heteroatoms. The highest BCUT2D eigenvalue weighted by molar-refractivity contribution is 9.10. The molecule has 0 aromatic carbocycles. The Kier molecular flexibility index (Phi) is 5.12. The van der Waals surface area contributed by atoms with Gasteiger partial charge in [-0.3, -0.25) is 0 Å². The van der Waals surface area contributed by atoms with Crippen LogP contribution in [-0.4, -0.2) is 31.9 Å². The van der Waals surface area contributed by atoms with Crippen molar-refractivity contribution in [2.45, 2.75) is 43.4 Å². The van der Waals surface area contributed by atoms with Crippen molar-refractivity contribution in [1.82, 2.24) is 14.5 Å². The number of pyridine rings is 1. The van der Waals surface area contributed by atoms with Crippen molar-refractivity contribution in [1.29, 1.82) is 0 Å². The molecule has 1 saturated carbocycles. The number of alkyl halides is 1. The number of nitrogens with zero attached hydrogens (tertiary/aromatic N) is 3. The van der Waals surface area contributed by atoms with Gasteiger partial charge in [-0.2, -0.15) is 11.8 Å². The van der Waals surface area contributed by atoms with Crippen molar-refractivity contribution in [3.05, 3.63) is 22.6 Å². The monoisotopic (exact) mass is 387 g/mol. The molecule has 2 aromatic heterocycles. The van der Waals surface area contributed by atoms with Gasteiger partial charge in [0.05, 0.1) is 0 Å². The first-order valence-corrected chi connectivity index (χ1v) is 9.95. The molecule has 0 aliphatic heterocycles. The molecule has 0 N–H and O–H groups in total. The molecule has 21 heavy (non-hydrogen) atoms. The highest BCUT2D eigenvalue weighted by Crippen LogP contribution is 2.36. The standard InChI is InChI=1S/C15H19BrClN3S/c1-21-12-4-2-3-11(8-12)20-14(5-6-17)19-13-7-10(16)9-18-15(13)20/h7,9,11-12H,2-6,8H2,1H3. The van der Waals surface area contributed by atoms with Crippen LogP contribution in [0.2, 0.25) is 0 Å². The van der Waals surface area contributed by atoms with E-state index in [1.165, 1.54) is 25.7 Å². The van der Waals surface area contributed by atoms with Gasteiger partial charge < -0.3 is 4.57 Å². The van der Waals surface area contributed by atoms with E-state index in [4.69, 9.17) is 16.6 Å². The van der Waals surface area contributed by atoms with Crippen molar-refractivity contribution in [2.75, 3.05) is 12.1 Å². The van der Waals surface area contributed by atoms with Crippen LogP contribution in [0, 0.1) is 0 Å². The van der Waals surface area contributed by atoms with E-state index in [0.29, 0.717) is 11.9 Å². The quantitative estimate of drug-likeness (QED) is 0.703. The van der Waals surface area contributed by atoms with Gasteiger partial charge in [-0.15, -0.1) is 11.6 Å². The molecule has 0 spiro atoms. The summed E-state index contributed by atoms with van der Waals surface area (Å²) in [6, 6.07) is 2.55. The van der Waals surface area contributed by atoms with Gasteiger partial charge in [0.2, 0.25) is 0 Å². The minimum atomic E-state index is 0.507. The Labute approximate surface area is 143 Å². The minimum Gasteiger partial charge on any atom is -0.310 e. The van der Waals surface area contributed by atoms with Crippen LogP contribution in [0.4, 0.5) is 0 Å². The molecule has 1 aliphatic rings. The topological polar surface area (TPSA) is 30.7 Å². The van der Waals surface area contributed by atoms with Crippen LogP contribution in [-0.2, 0) is 6.42 Å². The van der Waals surface area contributed by atoms with E-state index in [0.717, 1.165) is 33.1 Å². The number of thioether (sulfide) groups is 1. The second-order valence-corrected chi connectivity index (χ2v) is 7.94. The minimum absolute atomic E-state index is 0.507. The maximum absolute atomic E-state index is 5.97. The zero-order valence-corrected chi connectivity index (χ0v) is 15.2. The maximum Gasteiger partial charge on any atom is 0.160 e. The van der Waals surface area contributed by atoms with Crippen LogP contribution >= 0.6 is 39.3 Å². The molecular weight excluding hydrogens is 370 g/mol. The number of halogens is 2. The molecule has 0 amide bonds. The molecule has 1 fully saturated rings. The summed E-state index contributed by atoms with van der Waals surface area (Å²) in [6.07, 6.45) is 9.92. The smallest absolute Gasteiger partial charge is 0.160 e. The third kappa shape index (κ3) is 3.25. The molecule has 1 aliphatic carbocycles. The molecule has 2 unspecified atom stereocenters. The SMILES string of the molecule is CSC1CCCC(n2c(CCCl)nc3cc(Br)cnc32)C1. The summed E-state index contributed by atoms with van der Waals surface area (Å²) < 4.78 is 3.33. The number of aromatic nitrogens is 3. The van der Waals surface area contributed by atoms with E-state index >= 15 is 0 Å². The van der Waals surface area contributed by atoms with Crippen molar-refractivity contribution >= 4 is 50.5 Å². The van der Waals surface area contributed by atoms with E-state index in [1.807, 2.05) is 24.0 Å². The Morgan fingerprint density at radius 1 is 1.48 bits per heavy atom. The summed E-state index contributed by atoms with van der Waals surface area (Å²) in [5.74, 6) is 1.68. The first-order chi connectivity index (χ1) is 10.2. The normalized spacial score (nSPS) is 22.8. The molecule has 114 valence electrons. The lowest BCUT2D eigenvalue weighted by Crippen LogP contribution is -2.22. The second-order valence-electron chi connectivity index (χ2n) is 5.51. The summed E-state index contributed by atoms with van der Waals surface area (Å²) in [6.45, 7) is 0. The Morgan fingerprint density at radius 3 is 3.10 bits per heavy atom. The highest BCUT2D eigenvalue weighted by atomic mass is 79.9. The van der Waals surface area contributed by atoms with Gasteiger partial charge in [-0.1, -0.05) is 6.42 Å². The Morgan fingerprint density at radius 2 is 2.33 bits per heavy atom. The zero-order chi connectivity index (χ0) is 14.8. The van der Waals surface area contributed by atoms with Gasteiger partial charge in [-0.05, 0) is 47.5 Å². The molecule has 2 aromatic rings. The van der Waals surface area contributed by atoms with Crippen molar-refractivity contribution < 1.29 is 0 Å². The van der Waals surface area contributed by atoms with Gasteiger partial charge in [0.25, 0.3) is 0 Å². The summed E-state index contributed by atoms with van der Waals surface area (Å²) in [4.78, 5) is 9.38. The molecule has 2 atom stereocenters. The van der Waals surface area contributed by atoms with Crippen molar-refractivity contribution in [2.24, 2.45) is 0 Å². The fraction of sp³-hybridized carbons (Fsp3) is 0.600. The summed E-state index contributed by atoms with van der Waals surface area (Å²) in [7, 11) is 0. The number of hydrogen-bond donors (Lipinski definition) is 0. The first-order valence-electron chi connectivity index (χ1n) is 7.34. The number of imidazole rings is 1. The van der Waals surface area contributed by atoms with E-state index in [9.17, 15) is 0 Å². The first kappa shape index (κ1) is 15.6. The van der Waals surface area contributed by atoms with Crippen LogP contribution in [0.3, 0.4) is 0 Å². The van der Waals surface area contributed by atoms with E-state index in [1.54, 1.807) is 0 Å². The van der Waals surface area contributed by atoms with Gasteiger partial charge in [0, 0.05) is 34.3 Å². The average Bonchev–Trinajstić information content (AvgIpc) is 2.84.